The number of nitrogens with one attached hydrogen (secondary N) is 2. The number of piperidine rings is 1. The van der Waals surface area contributed by atoms with Crippen LogP contribution in [-0.4, -0.2) is 38.7 Å². The lowest BCUT2D eigenvalue weighted by atomic mass is 9.97. The Labute approximate surface area is 130 Å². The number of carbonyl (C=O) groups is 2. The van der Waals surface area contributed by atoms with Gasteiger partial charge in [0.05, 0.1) is 20.1 Å². The zero-order chi connectivity index (χ0) is 15.8. The number of methoxy groups -OCH3 is 1. The molecule has 0 spiro atoms. The molecule has 0 atom stereocenters. The number of hydrogen-bond acceptors (Lipinski definition) is 5. The fourth-order valence-corrected chi connectivity index (χ4v) is 2.32. The first-order chi connectivity index (χ1) is 10.7. The molecule has 0 bridgehead atoms. The lowest BCUT2D eigenvalue weighted by Gasteiger charge is -2.21. The second kappa shape index (κ2) is 8.38. The molecule has 22 heavy (non-hydrogen) atoms. The SMILES string of the molecule is COC(=O)CCOc1ccc(NC(=O)C2CCNCC2)cc1. The third kappa shape index (κ3) is 5.04. The van der Waals surface area contributed by atoms with Gasteiger partial charge in [0.15, 0.2) is 0 Å². The summed E-state index contributed by atoms with van der Waals surface area (Å²) in [6.45, 7) is 2.06. The molecule has 1 aromatic carbocycles. The van der Waals surface area contributed by atoms with E-state index in [-0.39, 0.29) is 30.8 Å². The van der Waals surface area contributed by atoms with Gasteiger partial charge in [0.25, 0.3) is 0 Å². The maximum atomic E-state index is 12.1. The summed E-state index contributed by atoms with van der Waals surface area (Å²) in [6.07, 6.45) is 1.96. The number of ether oxygens (including phenoxy) is 2. The molecule has 1 aliphatic heterocycles. The van der Waals surface area contributed by atoms with Crippen molar-refractivity contribution in [3.8, 4) is 5.75 Å². The summed E-state index contributed by atoms with van der Waals surface area (Å²) in [5, 5.41) is 6.17. The standard InChI is InChI=1S/C16H22N2O4/c1-21-15(19)8-11-22-14-4-2-13(3-5-14)18-16(20)12-6-9-17-10-7-12/h2-5,12,17H,6-11H2,1H3,(H,18,20). The third-order valence-electron chi connectivity index (χ3n) is 3.63. The number of carbonyl (C=O) groups excluding carboxylic acids is 2. The molecule has 6 nitrogen and oxygen atoms in total. The van der Waals surface area contributed by atoms with Crippen LogP contribution in [0.2, 0.25) is 0 Å². The zero-order valence-corrected chi connectivity index (χ0v) is 12.8. The van der Waals surface area contributed by atoms with E-state index in [9.17, 15) is 9.59 Å². The molecule has 2 rings (SSSR count). The summed E-state index contributed by atoms with van der Waals surface area (Å²) in [4.78, 5) is 23.1. The number of amides is 1. The molecule has 1 saturated heterocycles. The molecule has 6 heteroatoms. The normalized spacial score (nSPS) is 15.1. The molecule has 1 aromatic rings. The number of hydrogen-bond donors (Lipinski definition) is 2. The first kappa shape index (κ1) is 16.3. The predicted octanol–water partition coefficient (Wildman–Crippen LogP) is 1.57. The van der Waals surface area contributed by atoms with E-state index >= 15 is 0 Å². The van der Waals surface area contributed by atoms with E-state index in [0.717, 1.165) is 31.6 Å². The highest BCUT2D eigenvalue weighted by Gasteiger charge is 2.20. The Kier molecular flexibility index (Phi) is 6.21. The second-order valence-electron chi connectivity index (χ2n) is 5.21. The summed E-state index contributed by atoms with van der Waals surface area (Å²) < 4.78 is 9.97. The van der Waals surface area contributed by atoms with Crippen molar-refractivity contribution in [3.63, 3.8) is 0 Å². The van der Waals surface area contributed by atoms with Crippen LogP contribution in [0.3, 0.4) is 0 Å². The van der Waals surface area contributed by atoms with E-state index in [1.165, 1.54) is 7.11 Å². The average Bonchev–Trinajstić information content (AvgIpc) is 2.57. The second-order valence-corrected chi connectivity index (χ2v) is 5.21. The molecule has 0 aromatic heterocycles. The van der Waals surface area contributed by atoms with E-state index in [1.54, 1.807) is 24.3 Å². The Morgan fingerprint density at radius 2 is 1.91 bits per heavy atom. The zero-order valence-electron chi connectivity index (χ0n) is 12.8. The summed E-state index contributed by atoms with van der Waals surface area (Å²) in [7, 11) is 1.35. The van der Waals surface area contributed by atoms with Gasteiger partial charge in [0, 0.05) is 11.6 Å². The van der Waals surface area contributed by atoms with Crippen LogP contribution in [0.1, 0.15) is 19.3 Å². The van der Waals surface area contributed by atoms with Crippen LogP contribution in [0.15, 0.2) is 24.3 Å². The minimum Gasteiger partial charge on any atom is -0.493 e. The summed E-state index contributed by atoms with van der Waals surface area (Å²) in [5.74, 6) is 0.507. The lowest BCUT2D eigenvalue weighted by Crippen LogP contribution is -2.34. The highest BCUT2D eigenvalue weighted by Crippen LogP contribution is 2.19. The van der Waals surface area contributed by atoms with Gasteiger partial charge in [-0.1, -0.05) is 0 Å². The first-order valence-electron chi connectivity index (χ1n) is 7.50. The molecule has 0 saturated carbocycles. The highest BCUT2D eigenvalue weighted by atomic mass is 16.5. The van der Waals surface area contributed by atoms with E-state index < -0.39 is 0 Å². The Bertz CT molecular complexity index is 495. The largest absolute Gasteiger partial charge is 0.493 e. The van der Waals surface area contributed by atoms with E-state index in [1.807, 2.05) is 0 Å². The summed E-state index contributed by atoms with van der Waals surface area (Å²) >= 11 is 0. The Morgan fingerprint density at radius 1 is 1.23 bits per heavy atom. The van der Waals surface area contributed by atoms with Crippen molar-refractivity contribution in [2.75, 3.05) is 32.1 Å². The first-order valence-corrected chi connectivity index (χ1v) is 7.50. The van der Waals surface area contributed by atoms with Crippen molar-refractivity contribution >= 4 is 17.6 Å². The Hall–Kier alpha value is -2.08. The fraction of sp³-hybridized carbons (Fsp3) is 0.500. The summed E-state index contributed by atoms with van der Waals surface area (Å²) in [6, 6.07) is 7.14. The maximum absolute atomic E-state index is 12.1. The number of anilines is 1. The molecular formula is C16H22N2O4. The van der Waals surface area contributed by atoms with Crippen molar-refractivity contribution in [1.29, 1.82) is 0 Å². The van der Waals surface area contributed by atoms with Gasteiger partial charge in [0.1, 0.15) is 5.75 Å². The smallest absolute Gasteiger partial charge is 0.308 e. The van der Waals surface area contributed by atoms with Crippen molar-refractivity contribution in [2.24, 2.45) is 5.92 Å². The number of benzene rings is 1. The third-order valence-corrected chi connectivity index (χ3v) is 3.63. The summed E-state index contributed by atoms with van der Waals surface area (Å²) in [5.41, 5.74) is 0.754. The topological polar surface area (TPSA) is 76.7 Å². The van der Waals surface area contributed by atoms with Gasteiger partial charge in [-0.15, -0.1) is 0 Å². The van der Waals surface area contributed by atoms with Gasteiger partial charge in [-0.05, 0) is 50.2 Å². The molecule has 1 amide bonds. The number of rotatable bonds is 6. The quantitative estimate of drug-likeness (QED) is 0.780. The van der Waals surface area contributed by atoms with Crippen LogP contribution in [0.25, 0.3) is 0 Å². The molecule has 0 aliphatic carbocycles. The van der Waals surface area contributed by atoms with Crippen LogP contribution in [0.4, 0.5) is 5.69 Å². The molecule has 1 aliphatic rings. The molecule has 0 radical (unpaired) electrons. The molecule has 1 heterocycles. The van der Waals surface area contributed by atoms with E-state index in [2.05, 4.69) is 15.4 Å². The lowest BCUT2D eigenvalue weighted by molar-refractivity contribution is -0.141. The fourth-order valence-electron chi connectivity index (χ4n) is 2.32. The molecule has 2 N–H and O–H groups in total. The average molecular weight is 306 g/mol. The Morgan fingerprint density at radius 3 is 2.55 bits per heavy atom. The molecular weight excluding hydrogens is 284 g/mol. The molecule has 120 valence electrons. The van der Waals surface area contributed by atoms with Crippen LogP contribution >= 0.6 is 0 Å². The van der Waals surface area contributed by atoms with Crippen molar-refractivity contribution < 1.29 is 19.1 Å². The van der Waals surface area contributed by atoms with Gasteiger partial charge in [-0.25, -0.2) is 0 Å². The van der Waals surface area contributed by atoms with Gasteiger partial charge in [0.2, 0.25) is 5.91 Å². The highest BCUT2D eigenvalue weighted by molar-refractivity contribution is 5.92. The monoisotopic (exact) mass is 306 g/mol. The van der Waals surface area contributed by atoms with Crippen LogP contribution < -0.4 is 15.4 Å². The van der Waals surface area contributed by atoms with E-state index in [0.29, 0.717) is 5.75 Å². The number of esters is 1. The van der Waals surface area contributed by atoms with Gasteiger partial charge in [-0.2, -0.15) is 0 Å². The molecule has 0 unspecified atom stereocenters. The van der Waals surface area contributed by atoms with Crippen LogP contribution in [-0.2, 0) is 14.3 Å². The van der Waals surface area contributed by atoms with E-state index in [4.69, 9.17) is 4.74 Å². The van der Waals surface area contributed by atoms with Gasteiger partial charge in [-0.3, -0.25) is 9.59 Å². The van der Waals surface area contributed by atoms with Crippen molar-refractivity contribution in [2.45, 2.75) is 19.3 Å². The van der Waals surface area contributed by atoms with Crippen molar-refractivity contribution in [3.05, 3.63) is 24.3 Å². The van der Waals surface area contributed by atoms with Crippen molar-refractivity contribution in [1.82, 2.24) is 5.32 Å². The molecule has 1 fully saturated rings. The van der Waals surface area contributed by atoms with Gasteiger partial charge < -0.3 is 20.1 Å². The minimum absolute atomic E-state index is 0.0702. The van der Waals surface area contributed by atoms with Gasteiger partial charge >= 0.3 is 5.97 Å². The maximum Gasteiger partial charge on any atom is 0.308 e. The van der Waals surface area contributed by atoms with Crippen LogP contribution in [0, 0.1) is 5.92 Å². The minimum atomic E-state index is -0.300. The van der Waals surface area contributed by atoms with Crippen LogP contribution in [0.5, 0.6) is 5.75 Å². The Balaban J connectivity index is 1.78. The predicted molar refractivity (Wildman–Crippen MR) is 82.8 cm³/mol.